The number of carbonyl (C=O) groups is 2. The molecule has 1 heterocycles. The number of nitrogens with one attached hydrogen (secondary N) is 1. The van der Waals surface area contributed by atoms with E-state index in [2.05, 4.69) is 5.32 Å². The lowest BCUT2D eigenvalue weighted by Gasteiger charge is -2.17. The zero-order chi connectivity index (χ0) is 17.8. The minimum absolute atomic E-state index is 0.141. The highest BCUT2D eigenvalue weighted by Gasteiger charge is 2.21. The Kier molecular flexibility index (Phi) is 5.24. The number of rotatable bonds is 5. The van der Waals surface area contributed by atoms with Crippen LogP contribution in [0.1, 0.15) is 19.8 Å². The van der Waals surface area contributed by atoms with Gasteiger partial charge in [0.25, 0.3) is 5.91 Å². The van der Waals surface area contributed by atoms with Crippen molar-refractivity contribution in [3.63, 3.8) is 0 Å². The van der Waals surface area contributed by atoms with E-state index in [1.165, 1.54) is 0 Å². The van der Waals surface area contributed by atoms with Crippen LogP contribution in [0.25, 0.3) is 0 Å². The fourth-order valence-electron chi connectivity index (χ4n) is 2.66. The van der Waals surface area contributed by atoms with Crippen LogP contribution in [-0.4, -0.2) is 24.5 Å². The summed E-state index contributed by atoms with van der Waals surface area (Å²) in [5.74, 6) is 0.469. The molecule has 1 aliphatic rings. The van der Waals surface area contributed by atoms with Gasteiger partial charge in [0, 0.05) is 29.4 Å². The third-order valence-electron chi connectivity index (χ3n) is 4.02. The molecule has 0 bridgehead atoms. The van der Waals surface area contributed by atoms with Crippen molar-refractivity contribution in [2.75, 3.05) is 16.8 Å². The maximum absolute atomic E-state index is 12.3. The van der Waals surface area contributed by atoms with Gasteiger partial charge in [-0.05, 0) is 61.9 Å². The van der Waals surface area contributed by atoms with Gasteiger partial charge in [-0.1, -0.05) is 11.6 Å². The Morgan fingerprint density at radius 1 is 1.16 bits per heavy atom. The van der Waals surface area contributed by atoms with E-state index in [9.17, 15) is 9.59 Å². The maximum Gasteiger partial charge on any atom is 0.265 e. The van der Waals surface area contributed by atoms with Crippen molar-refractivity contribution in [3.05, 3.63) is 53.6 Å². The van der Waals surface area contributed by atoms with Crippen LogP contribution in [0.5, 0.6) is 5.75 Å². The van der Waals surface area contributed by atoms with E-state index >= 15 is 0 Å². The van der Waals surface area contributed by atoms with Gasteiger partial charge < -0.3 is 15.0 Å². The third kappa shape index (κ3) is 4.31. The molecule has 1 saturated heterocycles. The highest BCUT2D eigenvalue weighted by molar-refractivity contribution is 6.30. The predicted molar refractivity (Wildman–Crippen MR) is 98.2 cm³/mol. The Labute approximate surface area is 151 Å². The number of benzene rings is 2. The second kappa shape index (κ2) is 7.57. The first-order chi connectivity index (χ1) is 12.0. The molecule has 5 nitrogen and oxygen atoms in total. The van der Waals surface area contributed by atoms with Crippen LogP contribution in [0, 0.1) is 0 Å². The normalized spacial score (nSPS) is 15.1. The lowest BCUT2D eigenvalue weighted by molar-refractivity contribution is -0.122. The van der Waals surface area contributed by atoms with Crippen molar-refractivity contribution in [1.29, 1.82) is 0 Å². The van der Waals surface area contributed by atoms with Crippen molar-refractivity contribution >= 4 is 34.8 Å². The molecule has 2 amide bonds. The number of carbonyl (C=O) groups excluding carboxylic acids is 2. The summed E-state index contributed by atoms with van der Waals surface area (Å²) in [6.45, 7) is 2.43. The van der Waals surface area contributed by atoms with Gasteiger partial charge in [-0.25, -0.2) is 0 Å². The maximum atomic E-state index is 12.3. The molecule has 1 fully saturated rings. The lowest BCUT2D eigenvalue weighted by atomic mass is 10.2. The van der Waals surface area contributed by atoms with Crippen LogP contribution in [0.3, 0.4) is 0 Å². The Morgan fingerprint density at radius 3 is 2.44 bits per heavy atom. The molecule has 0 aliphatic carbocycles. The number of hydrogen-bond donors (Lipinski definition) is 1. The number of amides is 2. The Balaban J connectivity index is 1.58. The molecule has 130 valence electrons. The standard InChI is InChI=1S/C19H19ClN2O3/c1-13(25-17-10-4-14(20)5-11-17)19(24)21-15-6-8-16(9-7-15)22-12-2-3-18(22)23/h4-11,13H,2-3,12H2,1H3,(H,21,24)/t13-/m0/s1. The first-order valence-electron chi connectivity index (χ1n) is 8.16. The van der Waals surface area contributed by atoms with E-state index in [1.54, 1.807) is 48.2 Å². The number of anilines is 2. The van der Waals surface area contributed by atoms with Gasteiger partial charge in [0.2, 0.25) is 5.91 Å². The van der Waals surface area contributed by atoms with Crippen LogP contribution < -0.4 is 15.0 Å². The fourth-order valence-corrected chi connectivity index (χ4v) is 2.79. The first-order valence-corrected chi connectivity index (χ1v) is 8.54. The van der Waals surface area contributed by atoms with Gasteiger partial charge in [-0.2, -0.15) is 0 Å². The molecular weight excluding hydrogens is 340 g/mol. The van der Waals surface area contributed by atoms with E-state index in [1.807, 2.05) is 12.1 Å². The minimum Gasteiger partial charge on any atom is -0.481 e. The third-order valence-corrected chi connectivity index (χ3v) is 4.27. The van der Waals surface area contributed by atoms with Crippen LogP contribution in [0.4, 0.5) is 11.4 Å². The number of hydrogen-bond acceptors (Lipinski definition) is 3. The average molecular weight is 359 g/mol. The molecule has 0 aromatic heterocycles. The number of halogens is 1. The number of ether oxygens (including phenoxy) is 1. The Hall–Kier alpha value is -2.53. The topological polar surface area (TPSA) is 58.6 Å². The zero-order valence-corrected chi connectivity index (χ0v) is 14.6. The minimum atomic E-state index is -0.652. The monoisotopic (exact) mass is 358 g/mol. The smallest absolute Gasteiger partial charge is 0.265 e. The van der Waals surface area contributed by atoms with Crippen LogP contribution in [0.15, 0.2) is 48.5 Å². The molecule has 0 spiro atoms. The van der Waals surface area contributed by atoms with Crippen molar-refractivity contribution in [1.82, 2.24) is 0 Å². The number of nitrogens with zero attached hydrogens (tertiary/aromatic N) is 1. The highest BCUT2D eigenvalue weighted by atomic mass is 35.5. The van der Waals surface area contributed by atoms with Gasteiger partial charge in [-0.3, -0.25) is 9.59 Å². The molecule has 0 radical (unpaired) electrons. The summed E-state index contributed by atoms with van der Waals surface area (Å²) in [5, 5.41) is 3.42. The lowest BCUT2D eigenvalue weighted by Crippen LogP contribution is -2.30. The summed E-state index contributed by atoms with van der Waals surface area (Å²) in [4.78, 5) is 25.8. The van der Waals surface area contributed by atoms with E-state index < -0.39 is 6.10 Å². The van der Waals surface area contributed by atoms with Gasteiger partial charge in [0.1, 0.15) is 5.75 Å². The molecule has 3 rings (SSSR count). The molecular formula is C19H19ClN2O3. The SMILES string of the molecule is C[C@H](Oc1ccc(Cl)cc1)C(=O)Nc1ccc(N2CCCC2=O)cc1. The summed E-state index contributed by atoms with van der Waals surface area (Å²) >= 11 is 5.83. The fraction of sp³-hybridized carbons (Fsp3) is 0.263. The van der Waals surface area contributed by atoms with Crippen LogP contribution in [0.2, 0.25) is 5.02 Å². The first kappa shape index (κ1) is 17.3. The molecule has 0 unspecified atom stereocenters. The molecule has 1 atom stereocenters. The summed E-state index contributed by atoms with van der Waals surface area (Å²) in [5.41, 5.74) is 1.51. The van der Waals surface area contributed by atoms with Crippen LogP contribution >= 0.6 is 11.6 Å². The molecule has 2 aromatic rings. The quantitative estimate of drug-likeness (QED) is 0.882. The summed E-state index contributed by atoms with van der Waals surface area (Å²) < 4.78 is 5.60. The van der Waals surface area contributed by atoms with Gasteiger partial charge in [-0.15, -0.1) is 0 Å². The Morgan fingerprint density at radius 2 is 1.84 bits per heavy atom. The van der Waals surface area contributed by atoms with E-state index in [-0.39, 0.29) is 11.8 Å². The molecule has 6 heteroatoms. The molecule has 1 N–H and O–H groups in total. The zero-order valence-electron chi connectivity index (χ0n) is 13.9. The Bertz CT molecular complexity index is 759. The molecule has 0 saturated carbocycles. The summed E-state index contributed by atoms with van der Waals surface area (Å²) in [6.07, 6.45) is 0.829. The largest absolute Gasteiger partial charge is 0.481 e. The highest BCUT2D eigenvalue weighted by Crippen LogP contribution is 2.23. The van der Waals surface area contributed by atoms with Crippen LogP contribution in [-0.2, 0) is 9.59 Å². The van der Waals surface area contributed by atoms with Crippen molar-refractivity contribution < 1.29 is 14.3 Å². The average Bonchev–Trinajstić information content (AvgIpc) is 3.03. The predicted octanol–water partition coefficient (Wildman–Crippen LogP) is 3.87. The van der Waals surface area contributed by atoms with Crippen molar-refractivity contribution in [2.45, 2.75) is 25.9 Å². The molecule has 1 aliphatic heterocycles. The van der Waals surface area contributed by atoms with Gasteiger partial charge in [0.05, 0.1) is 0 Å². The van der Waals surface area contributed by atoms with Crippen molar-refractivity contribution in [3.8, 4) is 5.75 Å². The van der Waals surface area contributed by atoms with E-state index in [0.29, 0.717) is 22.9 Å². The summed E-state index contributed by atoms with van der Waals surface area (Å²) in [6, 6.07) is 14.1. The van der Waals surface area contributed by atoms with Crippen molar-refractivity contribution in [2.24, 2.45) is 0 Å². The summed E-state index contributed by atoms with van der Waals surface area (Å²) in [7, 11) is 0. The second-order valence-corrected chi connectivity index (χ2v) is 6.34. The van der Waals surface area contributed by atoms with Gasteiger partial charge in [0.15, 0.2) is 6.10 Å². The molecule has 25 heavy (non-hydrogen) atoms. The van der Waals surface area contributed by atoms with E-state index in [0.717, 1.165) is 18.7 Å². The molecule has 2 aromatic carbocycles. The van der Waals surface area contributed by atoms with Gasteiger partial charge >= 0.3 is 0 Å². The van der Waals surface area contributed by atoms with E-state index in [4.69, 9.17) is 16.3 Å². The second-order valence-electron chi connectivity index (χ2n) is 5.90.